The molecular formula is C12H12N4O3S. The fourth-order valence-corrected chi connectivity index (χ4v) is 2.83. The summed E-state index contributed by atoms with van der Waals surface area (Å²) in [6, 6.07) is 5.36. The number of carbonyl (C=O) groups is 2. The van der Waals surface area contributed by atoms with Gasteiger partial charge in [-0.05, 0) is 18.2 Å². The van der Waals surface area contributed by atoms with Gasteiger partial charge in [-0.3, -0.25) is 9.69 Å². The summed E-state index contributed by atoms with van der Waals surface area (Å²) in [5.41, 5.74) is 7.12. The van der Waals surface area contributed by atoms with Crippen molar-refractivity contribution >= 4 is 44.4 Å². The van der Waals surface area contributed by atoms with E-state index in [1.165, 1.54) is 16.2 Å². The van der Waals surface area contributed by atoms with Crippen LogP contribution in [0.15, 0.2) is 18.2 Å². The van der Waals surface area contributed by atoms with Gasteiger partial charge in [-0.2, -0.15) is 0 Å². The van der Waals surface area contributed by atoms with Gasteiger partial charge in [0, 0.05) is 5.69 Å². The predicted octanol–water partition coefficient (Wildman–Crippen LogP) is 1.27. The number of nitrogen functional groups attached to an aromatic ring is 1. The molecule has 8 heteroatoms. The number of carbonyl (C=O) groups excluding carboxylic acids is 2. The Morgan fingerprint density at radius 2 is 2.40 bits per heavy atom. The van der Waals surface area contributed by atoms with Crippen LogP contribution in [0.4, 0.5) is 15.6 Å². The van der Waals surface area contributed by atoms with Crippen molar-refractivity contribution < 1.29 is 14.3 Å². The van der Waals surface area contributed by atoms with E-state index in [-0.39, 0.29) is 12.5 Å². The van der Waals surface area contributed by atoms with E-state index in [2.05, 4.69) is 10.3 Å². The molecule has 7 nitrogen and oxygen atoms in total. The first kappa shape index (κ1) is 12.7. The van der Waals surface area contributed by atoms with Crippen LogP contribution in [0.1, 0.15) is 0 Å². The maximum Gasteiger partial charge on any atom is 0.410 e. The quantitative estimate of drug-likeness (QED) is 0.830. The number of thiazole rings is 1. The van der Waals surface area contributed by atoms with Crippen molar-refractivity contribution in [3.8, 4) is 0 Å². The Labute approximate surface area is 118 Å². The number of rotatable bonds is 3. The lowest BCUT2D eigenvalue weighted by atomic mass is 10.3. The summed E-state index contributed by atoms with van der Waals surface area (Å²) in [7, 11) is 0. The second-order valence-electron chi connectivity index (χ2n) is 4.33. The molecule has 3 rings (SSSR count). The molecule has 1 aliphatic rings. The Morgan fingerprint density at radius 1 is 1.55 bits per heavy atom. The van der Waals surface area contributed by atoms with Crippen molar-refractivity contribution in [1.82, 2.24) is 9.88 Å². The maximum atomic E-state index is 11.8. The van der Waals surface area contributed by atoms with Gasteiger partial charge in [-0.1, -0.05) is 11.3 Å². The number of ether oxygens (including phenoxy) is 1. The highest BCUT2D eigenvalue weighted by molar-refractivity contribution is 7.22. The molecule has 0 aliphatic carbocycles. The molecule has 104 valence electrons. The first-order valence-corrected chi connectivity index (χ1v) is 6.81. The SMILES string of the molecule is Nc1ccc2nc(NC(=O)CN3CCOC3=O)sc2c1. The number of benzene rings is 1. The molecule has 1 fully saturated rings. The van der Waals surface area contributed by atoms with Crippen LogP contribution < -0.4 is 11.1 Å². The number of hydrogen-bond donors (Lipinski definition) is 2. The molecule has 1 aromatic heterocycles. The lowest BCUT2D eigenvalue weighted by Crippen LogP contribution is -2.33. The minimum absolute atomic E-state index is 0.0309. The third kappa shape index (κ3) is 2.50. The molecule has 1 aromatic carbocycles. The summed E-state index contributed by atoms with van der Waals surface area (Å²) in [5.74, 6) is -0.295. The number of cyclic esters (lactones) is 1. The Morgan fingerprint density at radius 3 is 3.15 bits per heavy atom. The van der Waals surface area contributed by atoms with Crippen LogP contribution in [0, 0.1) is 0 Å². The van der Waals surface area contributed by atoms with Gasteiger partial charge in [0.25, 0.3) is 0 Å². The molecule has 0 unspecified atom stereocenters. The Balaban J connectivity index is 1.69. The van der Waals surface area contributed by atoms with Crippen LogP contribution in [0.2, 0.25) is 0 Å². The third-order valence-corrected chi connectivity index (χ3v) is 3.77. The standard InChI is InChI=1S/C12H12N4O3S/c13-7-1-2-8-9(5-7)20-11(14-8)15-10(17)6-16-3-4-19-12(16)18/h1-2,5H,3-4,6,13H2,(H,14,15,17). The summed E-state index contributed by atoms with van der Waals surface area (Å²) in [6.45, 7) is 0.728. The lowest BCUT2D eigenvalue weighted by molar-refractivity contribution is -0.116. The largest absolute Gasteiger partial charge is 0.448 e. The molecule has 0 bridgehead atoms. The first-order valence-electron chi connectivity index (χ1n) is 5.99. The number of amides is 2. The minimum Gasteiger partial charge on any atom is -0.448 e. The van der Waals surface area contributed by atoms with E-state index >= 15 is 0 Å². The summed E-state index contributed by atoms with van der Waals surface area (Å²) in [4.78, 5) is 28.7. The van der Waals surface area contributed by atoms with Gasteiger partial charge in [0.1, 0.15) is 13.2 Å². The van der Waals surface area contributed by atoms with Gasteiger partial charge >= 0.3 is 6.09 Å². The number of anilines is 2. The number of fused-ring (bicyclic) bond motifs is 1. The van der Waals surface area contributed by atoms with Gasteiger partial charge < -0.3 is 15.8 Å². The molecule has 0 radical (unpaired) electrons. The van der Waals surface area contributed by atoms with Crippen LogP contribution >= 0.6 is 11.3 Å². The van der Waals surface area contributed by atoms with Crippen molar-refractivity contribution in [3.63, 3.8) is 0 Å². The maximum absolute atomic E-state index is 11.8. The zero-order chi connectivity index (χ0) is 14.1. The zero-order valence-electron chi connectivity index (χ0n) is 10.5. The predicted molar refractivity (Wildman–Crippen MR) is 75.6 cm³/mol. The molecule has 0 spiro atoms. The topological polar surface area (TPSA) is 97.5 Å². The van der Waals surface area contributed by atoms with Gasteiger partial charge in [0.2, 0.25) is 5.91 Å². The second-order valence-corrected chi connectivity index (χ2v) is 5.36. The van der Waals surface area contributed by atoms with E-state index in [1.807, 2.05) is 0 Å². The average molecular weight is 292 g/mol. The smallest absolute Gasteiger partial charge is 0.410 e. The summed E-state index contributed by atoms with van der Waals surface area (Å²) < 4.78 is 5.66. The summed E-state index contributed by atoms with van der Waals surface area (Å²) in [6.07, 6.45) is -0.461. The number of hydrogen-bond acceptors (Lipinski definition) is 6. The highest BCUT2D eigenvalue weighted by Crippen LogP contribution is 2.27. The molecule has 1 aliphatic heterocycles. The molecule has 0 atom stereocenters. The fraction of sp³-hybridized carbons (Fsp3) is 0.250. The first-order chi connectivity index (χ1) is 9.61. The average Bonchev–Trinajstić information content (AvgIpc) is 2.95. The molecular weight excluding hydrogens is 280 g/mol. The molecule has 20 heavy (non-hydrogen) atoms. The van der Waals surface area contributed by atoms with Gasteiger partial charge in [0.15, 0.2) is 5.13 Å². The van der Waals surface area contributed by atoms with E-state index in [9.17, 15) is 9.59 Å². The van der Waals surface area contributed by atoms with Crippen LogP contribution in [0.3, 0.4) is 0 Å². The summed E-state index contributed by atoms with van der Waals surface area (Å²) in [5, 5.41) is 3.17. The van der Waals surface area contributed by atoms with E-state index in [0.717, 1.165) is 10.2 Å². The Kier molecular flexibility index (Phi) is 3.15. The van der Waals surface area contributed by atoms with Crippen LogP contribution in [0.25, 0.3) is 10.2 Å². The van der Waals surface area contributed by atoms with Crippen molar-refractivity contribution in [2.24, 2.45) is 0 Å². The van der Waals surface area contributed by atoms with Crippen LogP contribution in [0.5, 0.6) is 0 Å². The van der Waals surface area contributed by atoms with E-state index in [0.29, 0.717) is 24.0 Å². The number of nitrogens with zero attached hydrogens (tertiary/aromatic N) is 2. The van der Waals surface area contributed by atoms with E-state index < -0.39 is 6.09 Å². The molecule has 0 saturated carbocycles. The van der Waals surface area contributed by atoms with E-state index in [1.54, 1.807) is 18.2 Å². The van der Waals surface area contributed by atoms with Crippen LogP contribution in [-0.2, 0) is 9.53 Å². The monoisotopic (exact) mass is 292 g/mol. The molecule has 2 aromatic rings. The molecule has 3 N–H and O–H groups in total. The van der Waals surface area contributed by atoms with Crippen LogP contribution in [-0.4, -0.2) is 41.6 Å². The van der Waals surface area contributed by atoms with Crippen molar-refractivity contribution in [2.75, 3.05) is 30.7 Å². The third-order valence-electron chi connectivity index (χ3n) is 2.84. The van der Waals surface area contributed by atoms with Gasteiger partial charge in [-0.25, -0.2) is 9.78 Å². The molecule has 2 heterocycles. The number of aromatic nitrogens is 1. The zero-order valence-corrected chi connectivity index (χ0v) is 11.3. The highest BCUT2D eigenvalue weighted by atomic mass is 32.1. The van der Waals surface area contributed by atoms with Gasteiger partial charge in [-0.15, -0.1) is 0 Å². The summed E-state index contributed by atoms with van der Waals surface area (Å²) >= 11 is 1.34. The van der Waals surface area contributed by atoms with Crippen molar-refractivity contribution in [2.45, 2.75) is 0 Å². The number of nitrogens with one attached hydrogen (secondary N) is 1. The Bertz CT molecular complexity index is 684. The van der Waals surface area contributed by atoms with Gasteiger partial charge in [0.05, 0.1) is 16.8 Å². The second kappa shape index (κ2) is 4.97. The fourth-order valence-electron chi connectivity index (χ4n) is 1.90. The minimum atomic E-state index is -0.461. The van der Waals surface area contributed by atoms with E-state index in [4.69, 9.17) is 10.5 Å². The normalized spacial score (nSPS) is 14.6. The Hall–Kier alpha value is -2.35. The number of nitrogens with two attached hydrogens (primary N) is 1. The molecule has 1 saturated heterocycles. The molecule has 2 amide bonds. The van der Waals surface area contributed by atoms with Crippen molar-refractivity contribution in [3.05, 3.63) is 18.2 Å². The highest BCUT2D eigenvalue weighted by Gasteiger charge is 2.24. The lowest BCUT2D eigenvalue weighted by Gasteiger charge is -2.10. The van der Waals surface area contributed by atoms with Crippen molar-refractivity contribution in [1.29, 1.82) is 0 Å².